The summed E-state index contributed by atoms with van der Waals surface area (Å²) in [5.41, 5.74) is 2.40. The summed E-state index contributed by atoms with van der Waals surface area (Å²) >= 11 is 0. The van der Waals surface area contributed by atoms with E-state index in [-0.39, 0.29) is 12.3 Å². The number of halogens is 2. The number of alkyl halides is 2. The minimum Gasteiger partial charge on any atom is -0.469 e. The highest BCUT2D eigenvalue weighted by Crippen LogP contribution is 2.43. The van der Waals surface area contributed by atoms with Gasteiger partial charge in [-0.2, -0.15) is 0 Å². The first-order chi connectivity index (χ1) is 14.1. The highest BCUT2D eigenvalue weighted by molar-refractivity contribution is 5.78. The maximum absolute atomic E-state index is 13.2. The minimum absolute atomic E-state index is 0.245. The second-order valence-electron chi connectivity index (χ2n) is 7.75. The van der Waals surface area contributed by atoms with Crippen molar-refractivity contribution >= 4 is 11.6 Å². The van der Waals surface area contributed by atoms with Crippen molar-refractivity contribution < 1.29 is 23.4 Å². The fourth-order valence-electron chi connectivity index (χ4n) is 3.78. The monoisotopic (exact) mass is 418 g/mol. The summed E-state index contributed by atoms with van der Waals surface area (Å²) < 4.78 is 32.7. The maximum Gasteiger partial charge on any atom is 0.312 e. The van der Waals surface area contributed by atoms with Gasteiger partial charge >= 0.3 is 5.97 Å². The van der Waals surface area contributed by atoms with Gasteiger partial charge in [0.05, 0.1) is 24.8 Å². The Hall–Kier alpha value is -2.94. The summed E-state index contributed by atoms with van der Waals surface area (Å²) in [6.45, 7) is 6.81. The molecule has 7 nitrogen and oxygen atoms in total. The molecular formula is C21H24F2N4O3. The number of ether oxygens (including phenoxy) is 1. The summed E-state index contributed by atoms with van der Waals surface area (Å²) in [5, 5.41) is 17.2. The smallest absolute Gasteiger partial charge is 0.312 e. The Bertz CT molecular complexity index is 1100. The van der Waals surface area contributed by atoms with Crippen LogP contribution in [0.2, 0.25) is 0 Å². The third-order valence-electron chi connectivity index (χ3n) is 5.50. The van der Waals surface area contributed by atoms with E-state index in [1.807, 2.05) is 13.0 Å². The number of rotatable bonds is 6. The average Bonchev–Trinajstić information content (AvgIpc) is 3.15. The van der Waals surface area contributed by atoms with E-state index < -0.39 is 29.6 Å². The summed E-state index contributed by atoms with van der Waals surface area (Å²) in [5.74, 6) is -1.47. The number of carbonyl (C=O) groups excluding carboxylic acids is 1. The third-order valence-corrected chi connectivity index (χ3v) is 5.50. The highest BCUT2D eigenvalue weighted by atomic mass is 19.3. The lowest BCUT2D eigenvalue weighted by molar-refractivity contribution is -0.151. The molecule has 0 amide bonds. The van der Waals surface area contributed by atoms with Gasteiger partial charge in [-0.05, 0) is 56.5 Å². The van der Waals surface area contributed by atoms with Gasteiger partial charge < -0.3 is 9.84 Å². The lowest BCUT2D eigenvalue weighted by Gasteiger charge is -2.33. The molecule has 0 spiro atoms. The summed E-state index contributed by atoms with van der Waals surface area (Å²) in [7, 11) is 1.31. The van der Waals surface area contributed by atoms with Crippen molar-refractivity contribution in [1.82, 2.24) is 19.6 Å². The minimum atomic E-state index is -2.77. The lowest BCUT2D eigenvalue weighted by atomic mass is 9.72. The molecule has 9 heteroatoms. The first-order valence-corrected chi connectivity index (χ1v) is 9.41. The van der Waals surface area contributed by atoms with Crippen LogP contribution in [0.3, 0.4) is 0 Å². The SMILES string of the molecule is COC(=O)C(C)(C)C(c1ccc(C)c(CO)n1)c1ccn2c(C(F)F)nnc2c1C. The number of hydrogen-bond donors (Lipinski definition) is 1. The van der Waals surface area contributed by atoms with Gasteiger partial charge in [-0.25, -0.2) is 8.78 Å². The molecule has 160 valence electrons. The number of fused-ring (bicyclic) bond motifs is 1. The van der Waals surface area contributed by atoms with Crippen molar-refractivity contribution in [1.29, 1.82) is 0 Å². The Labute approximate surface area is 172 Å². The topological polar surface area (TPSA) is 89.6 Å². The number of aryl methyl sites for hydroxylation is 2. The van der Waals surface area contributed by atoms with E-state index in [1.165, 1.54) is 17.7 Å². The Kier molecular flexibility index (Phi) is 5.85. The largest absolute Gasteiger partial charge is 0.469 e. The summed E-state index contributed by atoms with van der Waals surface area (Å²) in [4.78, 5) is 17.3. The number of carbonyl (C=O) groups is 1. The van der Waals surface area contributed by atoms with E-state index in [2.05, 4.69) is 15.2 Å². The number of methoxy groups -OCH3 is 1. The average molecular weight is 418 g/mol. The van der Waals surface area contributed by atoms with Gasteiger partial charge in [-0.1, -0.05) is 6.07 Å². The van der Waals surface area contributed by atoms with Crippen LogP contribution in [0.4, 0.5) is 8.78 Å². The molecule has 0 aliphatic rings. The van der Waals surface area contributed by atoms with Crippen LogP contribution in [0, 0.1) is 19.3 Å². The van der Waals surface area contributed by atoms with E-state index in [0.29, 0.717) is 22.5 Å². The molecule has 30 heavy (non-hydrogen) atoms. The second-order valence-corrected chi connectivity index (χ2v) is 7.75. The van der Waals surface area contributed by atoms with Gasteiger partial charge in [0.1, 0.15) is 0 Å². The van der Waals surface area contributed by atoms with E-state index in [0.717, 1.165) is 5.56 Å². The number of hydrogen-bond acceptors (Lipinski definition) is 6. The van der Waals surface area contributed by atoms with Crippen molar-refractivity contribution in [2.45, 2.75) is 46.6 Å². The first kappa shape index (κ1) is 21.8. The van der Waals surface area contributed by atoms with Crippen LogP contribution in [0.15, 0.2) is 24.4 Å². The van der Waals surface area contributed by atoms with Crippen molar-refractivity contribution in [2.75, 3.05) is 7.11 Å². The molecule has 0 saturated heterocycles. The predicted octanol–water partition coefficient (Wildman–Crippen LogP) is 3.50. The molecule has 0 bridgehead atoms. The fraction of sp³-hybridized carbons (Fsp3) is 0.429. The third kappa shape index (κ3) is 3.54. The number of aliphatic hydroxyl groups is 1. The molecule has 0 aliphatic carbocycles. The van der Waals surface area contributed by atoms with Gasteiger partial charge in [-0.15, -0.1) is 10.2 Å². The molecule has 3 heterocycles. The zero-order valence-corrected chi connectivity index (χ0v) is 17.5. The Morgan fingerprint density at radius 2 is 1.93 bits per heavy atom. The molecule has 1 unspecified atom stereocenters. The first-order valence-electron chi connectivity index (χ1n) is 9.41. The quantitative estimate of drug-likeness (QED) is 0.617. The fourth-order valence-corrected chi connectivity index (χ4v) is 3.78. The molecular weight excluding hydrogens is 394 g/mol. The van der Waals surface area contributed by atoms with Gasteiger partial charge in [-0.3, -0.25) is 14.2 Å². The van der Waals surface area contributed by atoms with E-state index >= 15 is 0 Å². The summed E-state index contributed by atoms with van der Waals surface area (Å²) in [6, 6.07) is 5.29. The van der Waals surface area contributed by atoms with Crippen LogP contribution in [0.25, 0.3) is 5.65 Å². The number of aliphatic hydroxyl groups excluding tert-OH is 1. The number of pyridine rings is 2. The lowest BCUT2D eigenvalue weighted by Crippen LogP contribution is -2.34. The normalized spacial score (nSPS) is 13.1. The molecule has 0 radical (unpaired) electrons. The van der Waals surface area contributed by atoms with E-state index in [4.69, 9.17) is 4.74 Å². The van der Waals surface area contributed by atoms with Crippen molar-refractivity contribution in [3.8, 4) is 0 Å². The standard InChI is InChI=1S/C21H24F2N4O3/c1-11-6-7-14(24-15(11)10-28)16(21(3,4)20(29)30-5)13-8-9-27-18(12(13)2)25-26-19(27)17(22)23/h6-9,16-17,28H,10H2,1-5H3. The molecule has 1 atom stereocenters. The predicted molar refractivity (Wildman–Crippen MR) is 105 cm³/mol. The number of aromatic nitrogens is 4. The number of nitrogens with zero attached hydrogens (tertiary/aromatic N) is 4. The molecule has 0 fully saturated rings. The van der Waals surface area contributed by atoms with E-state index in [9.17, 15) is 18.7 Å². The van der Waals surface area contributed by atoms with E-state index in [1.54, 1.807) is 32.9 Å². The zero-order chi connectivity index (χ0) is 22.2. The van der Waals surface area contributed by atoms with Crippen LogP contribution in [0.5, 0.6) is 0 Å². The summed E-state index contributed by atoms with van der Waals surface area (Å²) in [6.07, 6.45) is -1.29. The second kappa shape index (κ2) is 8.06. The molecule has 1 N–H and O–H groups in total. The Morgan fingerprint density at radius 3 is 2.53 bits per heavy atom. The van der Waals surface area contributed by atoms with Crippen molar-refractivity contribution in [3.05, 3.63) is 58.3 Å². The molecule has 0 saturated carbocycles. The Balaban J connectivity index is 2.28. The maximum atomic E-state index is 13.2. The van der Waals surface area contributed by atoms with Crippen LogP contribution in [0.1, 0.15) is 60.1 Å². The van der Waals surface area contributed by atoms with Crippen molar-refractivity contribution in [3.63, 3.8) is 0 Å². The Morgan fingerprint density at radius 1 is 1.23 bits per heavy atom. The van der Waals surface area contributed by atoms with Crippen molar-refractivity contribution in [2.24, 2.45) is 5.41 Å². The van der Waals surface area contributed by atoms with Crippen LogP contribution in [-0.2, 0) is 16.1 Å². The van der Waals surface area contributed by atoms with Crippen LogP contribution in [-0.4, -0.2) is 37.8 Å². The van der Waals surface area contributed by atoms with Crippen LogP contribution < -0.4 is 0 Å². The molecule has 3 aromatic heterocycles. The molecule has 0 aliphatic heterocycles. The zero-order valence-electron chi connectivity index (χ0n) is 17.5. The molecule has 3 aromatic rings. The van der Waals surface area contributed by atoms with Crippen LogP contribution >= 0.6 is 0 Å². The molecule has 3 rings (SSSR count). The number of esters is 1. The van der Waals surface area contributed by atoms with Gasteiger partial charge in [0.15, 0.2) is 5.65 Å². The highest BCUT2D eigenvalue weighted by Gasteiger charge is 2.42. The van der Waals surface area contributed by atoms with Gasteiger partial charge in [0.25, 0.3) is 6.43 Å². The van der Waals surface area contributed by atoms with Gasteiger partial charge in [0, 0.05) is 17.8 Å². The molecule has 0 aromatic carbocycles. The van der Waals surface area contributed by atoms with Gasteiger partial charge in [0.2, 0.25) is 5.82 Å².